The maximum absolute atomic E-state index is 11.2. The van der Waals surface area contributed by atoms with Crippen molar-refractivity contribution in [3.8, 4) is 17.1 Å². The molecule has 2 N–H and O–H groups in total. The molecule has 1 spiro atoms. The summed E-state index contributed by atoms with van der Waals surface area (Å²) in [7, 11) is 0. The van der Waals surface area contributed by atoms with Gasteiger partial charge < -0.3 is 20.2 Å². The standard InChI is InChI=1S/C31H34ClN5OS/c1-30(2,3)19-36-17-15-31(16-18-36)20-37(27-25(38)14-13-22(32)26(27)31)24-12-8-7-11-23(24)33-29-34-28(35-39-29)21-9-5-4-6-10-21/h4-14,38H,15-20H2,1-3H3,(H,33,34,35). The van der Waals surface area contributed by atoms with Gasteiger partial charge in [0.15, 0.2) is 5.82 Å². The van der Waals surface area contributed by atoms with Crippen LogP contribution in [-0.2, 0) is 5.41 Å². The van der Waals surface area contributed by atoms with Crippen LogP contribution in [0.5, 0.6) is 5.75 Å². The van der Waals surface area contributed by atoms with Gasteiger partial charge in [0.2, 0.25) is 5.13 Å². The number of phenols is 1. The molecular formula is C31H34ClN5OS. The van der Waals surface area contributed by atoms with E-state index in [0.717, 1.165) is 77.4 Å². The summed E-state index contributed by atoms with van der Waals surface area (Å²) in [6.07, 6.45) is 2.00. The quantitative estimate of drug-likeness (QED) is 0.260. The lowest BCUT2D eigenvalue weighted by Crippen LogP contribution is -2.46. The van der Waals surface area contributed by atoms with Gasteiger partial charge in [0.25, 0.3) is 0 Å². The number of piperidine rings is 1. The number of benzene rings is 3. The van der Waals surface area contributed by atoms with E-state index in [0.29, 0.717) is 5.82 Å². The number of rotatable bonds is 5. The third-order valence-corrected chi connectivity index (χ3v) is 8.72. The molecule has 0 saturated carbocycles. The van der Waals surface area contributed by atoms with Crippen molar-refractivity contribution in [2.75, 3.05) is 36.4 Å². The van der Waals surface area contributed by atoms with Crippen molar-refractivity contribution >= 4 is 45.3 Å². The van der Waals surface area contributed by atoms with E-state index in [9.17, 15) is 5.11 Å². The Morgan fingerprint density at radius 1 is 1.00 bits per heavy atom. The van der Waals surface area contributed by atoms with Crippen LogP contribution >= 0.6 is 23.1 Å². The minimum Gasteiger partial charge on any atom is -0.506 e. The Labute approximate surface area is 239 Å². The maximum Gasteiger partial charge on any atom is 0.207 e. The molecule has 1 saturated heterocycles. The molecule has 0 amide bonds. The number of aromatic nitrogens is 2. The molecule has 0 radical (unpaired) electrons. The number of para-hydroxylation sites is 2. The highest BCUT2D eigenvalue weighted by molar-refractivity contribution is 7.10. The van der Waals surface area contributed by atoms with Crippen LogP contribution in [0.15, 0.2) is 66.7 Å². The zero-order valence-electron chi connectivity index (χ0n) is 22.6. The average Bonchev–Trinajstić information content (AvgIpc) is 3.52. The summed E-state index contributed by atoms with van der Waals surface area (Å²) in [6.45, 7) is 10.8. The number of likely N-dealkylation sites (tertiary alicyclic amines) is 1. The fourth-order valence-corrected chi connectivity index (χ4v) is 7.08. The summed E-state index contributed by atoms with van der Waals surface area (Å²) in [5.74, 6) is 0.970. The van der Waals surface area contributed by atoms with Crippen molar-refractivity contribution in [2.45, 2.75) is 39.0 Å². The highest BCUT2D eigenvalue weighted by Gasteiger charge is 2.48. The van der Waals surface area contributed by atoms with Crippen molar-refractivity contribution in [2.24, 2.45) is 5.41 Å². The van der Waals surface area contributed by atoms with Gasteiger partial charge in [-0.05, 0) is 55.6 Å². The Morgan fingerprint density at radius 3 is 2.46 bits per heavy atom. The minimum atomic E-state index is -0.115. The molecule has 1 aromatic heterocycles. The number of fused-ring (bicyclic) bond motifs is 2. The van der Waals surface area contributed by atoms with Crippen LogP contribution in [0.25, 0.3) is 11.4 Å². The van der Waals surface area contributed by atoms with E-state index >= 15 is 0 Å². The van der Waals surface area contributed by atoms with Crippen molar-refractivity contribution in [3.05, 3.63) is 77.3 Å². The summed E-state index contributed by atoms with van der Waals surface area (Å²) in [6, 6.07) is 21.8. The molecule has 6 rings (SSSR count). The number of hydrogen-bond acceptors (Lipinski definition) is 7. The highest BCUT2D eigenvalue weighted by Crippen LogP contribution is 2.56. The maximum atomic E-state index is 11.2. The van der Waals surface area contributed by atoms with Gasteiger partial charge in [0.05, 0.1) is 17.1 Å². The molecule has 3 heterocycles. The first-order chi connectivity index (χ1) is 18.7. The Bertz CT molecular complexity index is 1470. The number of nitrogens with zero attached hydrogens (tertiary/aromatic N) is 4. The minimum absolute atomic E-state index is 0.115. The van der Waals surface area contributed by atoms with Gasteiger partial charge in [-0.3, -0.25) is 0 Å². The molecule has 6 nitrogen and oxygen atoms in total. The summed E-state index contributed by atoms with van der Waals surface area (Å²) >= 11 is 8.25. The zero-order valence-corrected chi connectivity index (χ0v) is 24.2. The van der Waals surface area contributed by atoms with E-state index in [1.807, 2.05) is 48.5 Å². The van der Waals surface area contributed by atoms with Gasteiger partial charge in [0, 0.05) is 46.2 Å². The average molecular weight is 560 g/mol. The lowest BCUT2D eigenvalue weighted by atomic mass is 9.74. The predicted molar refractivity (Wildman–Crippen MR) is 162 cm³/mol. The Morgan fingerprint density at radius 2 is 1.72 bits per heavy atom. The van der Waals surface area contributed by atoms with Gasteiger partial charge in [-0.25, -0.2) is 0 Å². The lowest BCUT2D eigenvalue weighted by molar-refractivity contribution is 0.125. The third-order valence-electron chi connectivity index (χ3n) is 7.77. The van der Waals surface area contributed by atoms with Crippen LogP contribution in [0.1, 0.15) is 39.2 Å². The third kappa shape index (κ3) is 5.11. The zero-order chi connectivity index (χ0) is 27.2. The first-order valence-corrected chi connectivity index (χ1v) is 14.6. The Kier molecular flexibility index (Phi) is 6.78. The lowest BCUT2D eigenvalue weighted by Gasteiger charge is -2.42. The van der Waals surface area contributed by atoms with Gasteiger partial charge in [0.1, 0.15) is 5.75 Å². The number of anilines is 4. The first kappa shape index (κ1) is 26.1. The van der Waals surface area contributed by atoms with E-state index in [2.05, 4.69) is 52.4 Å². The molecule has 0 bridgehead atoms. The number of aromatic hydroxyl groups is 1. The molecule has 0 atom stereocenters. The predicted octanol–water partition coefficient (Wildman–Crippen LogP) is 7.84. The van der Waals surface area contributed by atoms with Gasteiger partial charge in [-0.1, -0.05) is 74.8 Å². The Hall–Kier alpha value is -3.13. The van der Waals surface area contributed by atoms with E-state index in [4.69, 9.17) is 16.6 Å². The summed E-state index contributed by atoms with van der Waals surface area (Å²) in [5.41, 5.74) is 4.94. The fourth-order valence-electron chi connectivity index (χ4n) is 6.13. The second-order valence-corrected chi connectivity index (χ2v) is 13.1. The summed E-state index contributed by atoms with van der Waals surface area (Å²) in [5, 5.41) is 16.1. The topological polar surface area (TPSA) is 64.5 Å². The van der Waals surface area contributed by atoms with Gasteiger partial charge in [-0.15, -0.1) is 0 Å². The van der Waals surface area contributed by atoms with E-state index in [-0.39, 0.29) is 16.6 Å². The first-order valence-electron chi connectivity index (χ1n) is 13.5. The van der Waals surface area contributed by atoms with Gasteiger partial charge >= 0.3 is 0 Å². The number of phenolic OH excluding ortho intramolecular Hbond substituents is 1. The van der Waals surface area contributed by atoms with Crippen LogP contribution in [0.3, 0.4) is 0 Å². The van der Waals surface area contributed by atoms with Crippen molar-refractivity contribution in [1.29, 1.82) is 0 Å². The van der Waals surface area contributed by atoms with E-state index in [1.165, 1.54) is 11.5 Å². The number of halogens is 1. The molecule has 2 aliphatic rings. The molecule has 0 aliphatic carbocycles. The fraction of sp³-hybridized carbons (Fsp3) is 0.355. The van der Waals surface area contributed by atoms with Crippen molar-refractivity contribution in [1.82, 2.24) is 14.3 Å². The normalized spacial score (nSPS) is 17.0. The van der Waals surface area contributed by atoms with Gasteiger partial charge in [-0.2, -0.15) is 9.36 Å². The largest absolute Gasteiger partial charge is 0.506 e. The number of nitrogens with one attached hydrogen (secondary N) is 1. The van der Waals surface area contributed by atoms with E-state index in [1.54, 1.807) is 6.07 Å². The molecular weight excluding hydrogens is 526 g/mol. The molecule has 39 heavy (non-hydrogen) atoms. The summed E-state index contributed by atoms with van der Waals surface area (Å²) in [4.78, 5) is 9.56. The van der Waals surface area contributed by atoms with Crippen LogP contribution in [-0.4, -0.2) is 45.5 Å². The van der Waals surface area contributed by atoms with E-state index < -0.39 is 0 Å². The highest BCUT2D eigenvalue weighted by atomic mass is 35.5. The summed E-state index contributed by atoms with van der Waals surface area (Å²) < 4.78 is 4.56. The Balaban J connectivity index is 1.33. The van der Waals surface area contributed by atoms with Crippen LogP contribution in [0.2, 0.25) is 5.02 Å². The monoisotopic (exact) mass is 559 g/mol. The molecule has 202 valence electrons. The molecule has 4 aromatic rings. The second-order valence-electron chi connectivity index (χ2n) is 11.9. The van der Waals surface area contributed by atoms with Crippen LogP contribution in [0, 0.1) is 5.41 Å². The smallest absolute Gasteiger partial charge is 0.207 e. The van der Waals surface area contributed by atoms with Crippen LogP contribution < -0.4 is 10.2 Å². The SMILES string of the molecule is CC(C)(C)CN1CCC2(CC1)CN(c1ccccc1Nc1nc(-c3ccccc3)ns1)c1c(O)ccc(Cl)c12. The molecule has 8 heteroatoms. The molecule has 0 unspecified atom stereocenters. The second kappa shape index (κ2) is 10.1. The molecule has 2 aliphatic heterocycles. The number of hydrogen-bond donors (Lipinski definition) is 2. The molecule has 3 aromatic carbocycles. The van der Waals surface area contributed by atoms with Crippen molar-refractivity contribution < 1.29 is 5.11 Å². The molecule has 1 fully saturated rings. The van der Waals surface area contributed by atoms with Crippen molar-refractivity contribution in [3.63, 3.8) is 0 Å². The van der Waals surface area contributed by atoms with Crippen LogP contribution in [0.4, 0.5) is 22.2 Å².